The molecule has 2 saturated heterocycles. The number of allylic oxidation sites excluding steroid dienone is 2. The number of ether oxygens (including phenoxy) is 8. The normalized spacial score (nSPS) is 17.5. The van der Waals surface area contributed by atoms with Gasteiger partial charge in [-0.3, -0.25) is 24.4 Å². The quantitative estimate of drug-likeness (QED) is 0.0382. The zero-order valence-corrected chi connectivity index (χ0v) is 46.8. The van der Waals surface area contributed by atoms with Crippen LogP contribution in [0, 0.1) is 0 Å². The molecule has 8 rings (SSSR count). The van der Waals surface area contributed by atoms with E-state index in [1.165, 1.54) is 49.3 Å². The van der Waals surface area contributed by atoms with Crippen LogP contribution in [0.4, 0.5) is 11.4 Å². The average Bonchev–Trinajstić information content (AvgIpc) is 4.17. The van der Waals surface area contributed by atoms with Crippen molar-refractivity contribution in [3.8, 4) is 34.8 Å². The summed E-state index contributed by atoms with van der Waals surface area (Å²) >= 11 is 1.48. The molecule has 4 aromatic rings. The van der Waals surface area contributed by atoms with E-state index in [2.05, 4.69) is 31.3 Å². The first-order valence-electron chi connectivity index (χ1n) is 26.5. The number of aromatic nitrogens is 1. The van der Waals surface area contributed by atoms with Crippen molar-refractivity contribution in [1.82, 2.24) is 19.8 Å². The minimum atomic E-state index is -0.686. The molecule has 2 fully saturated rings. The lowest BCUT2D eigenvalue weighted by atomic mass is 9.97. The molecule has 0 bridgehead atoms. The molecule has 21 nitrogen and oxygen atoms in total. The highest BCUT2D eigenvalue weighted by atomic mass is 32.2. The van der Waals surface area contributed by atoms with Crippen LogP contribution in [0.3, 0.4) is 0 Å². The Balaban J connectivity index is 0.836. The number of carbonyl (C=O) groups excluding carboxylic acids is 4. The molecule has 0 radical (unpaired) electrons. The Morgan fingerprint density at radius 1 is 0.675 bits per heavy atom. The molecule has 4 aliphatic rings. The number of methoxy groups -OCH3 is 2. The summed E-state index contributed by atoms with van der Waals surface area (Å²) < 4.78 is 46.7. The second-order valence-electron chi connectivity index (χ2n) is 19.7. The standard InChI is InChI=1S/C58H70N6O15S/c1-7-37-24-42-30-60-46-28-50(48(71-5)26-44(46)56(69)62(42)32-37)77-34-39-21-40(35-78-51-29-47-45(27-49(51)72-6)57(70)63-33-38(8-2)25-43(63)31-61-47)23-41(22-39)58(3,4)80-36-52(65)59-12-14-74-16-18-76-20-19-75-17-15-73-13-11-55(68)79-64-53(66)9-10-54(64)67/h7-10,21-23,26-31,42-43,66-67H,11-20,24-25,32-36H2,1-6H3,(H,59,65)/t42-,43-/m0/s1. The fourth-order valence-electron chi connectivity index (χ4n) is 9.33. The van der Waals surface area contributed by atoms with Gasteiger partial charge in [-0.1, -0.05) is 35.4 Å². The number of hydrogen-bond donors (Lipinski definition) is 3. The number of hydrogen-bond acceptors (Lipinski definition) is 18. The third kappa shape index (κ3) is 14.9. The fraction of sp³-hybridized carbons (Fsp3) is 0.448. The lowest BCUT2D eigenvalue weighted by Gasteiger charge is -2.26. The van der Waals surface area contributed by atoms with Crippen LogP contribution >= 0.6 is 11.8 Å². The maximum atomic E-state index is 13.8. The minimum Gasteiger partial charge on any atom is -0.493 e. The minimum absolute atomic E-state index is 0.0745. The molecule has 428 valence electrons. The number of benzene rings is 3. The number of fused-ring (bicyclic) bond motifs is 4. The lowest BCUT2D eigenvalue weighted by Crippen LogP contribution is -2.35. The van der Waals surface area contributed by atoms with Gasteiger partial charge in [-0.05, 0) is 75.4 Å². The largest absolute Gasteiger partial charge is 0.493 e. The number of nitrogens with zero attached hydrogens (tertiary/aromatic N) is 5. The third-order valence-electron chi connectivity index (χ3n) is 13.9. The molecule has 0 aliphatic carbocycles. The van der Waals surface area contributed by atoms with E-state index in [-0.39, 0.29) is 68.4 Å². The van der Waals surface area contributed by atoms with Gasteiger partial charge in [0.15, 0.2) is 23.0 Å². The van der Waals surface area contributed by atoms with E-state index in [1.54, 1.807) is 24.3 Å². The summed E-state index contributed by atoms with van der Waals surface area (Å²) in [5.41, 5.74) is 6.82. The number of amides is 3. The van der Waals surface area contributed by atoms with Crippen LogP contribution in [0.1, 0.15) is 84.4 Å². The van der Waals surface area contributed by atoms with Crippen molar-refractivity contribution in [2.45, 2.75) is 77.0 Å². The summed E-state index contributed by atoms with van der Waals surface area (Å²) in [6, 6.07) is 15.1. The van der Waals surface area contributed by atoms with E-state index in [0.717, 1.165) is 29.5 Å². The Bertz CT molecular complexity index is 2850. The molecule has 5 heterocycles. The van der Waals surface area contributed by atoms with Crippen LogP contribution in [0.15, 0.2) is 87.9 Å². The fourth-order valence-corrected chi connectivity index (χ4v) is 10.2. The maximum absolute atomic E-state index is 13.8. The van der Waals surface area contributed by atoms with Gasteiger partial charge in [-0.25, -0.2) is 4.79 Å². The highest BCUT2D eigenvalue weighted by Gasteiger charge is 2.36. The van der Waals surface area contributed by atoms with Gasteiger partial charge in [-0.2, -0.15) is 0 Å². The van der Waals surface area contributed by atoms with Crippen LogP contribution in [0.5, 0.6) is 34.8 Å². The van der Waals surface area contributed by atoms with Gasteiger partial charge in [0, 0.05) is 61.1 Å². The molecule has 3 N–H and O–H groups in total. The summed E-state index contributed by atoms with van der Waals surface area (Å²) in [6.07, 6.45) is 9.16. The first kappa shape index (κ1) is 58.8. The van der Waals surface area contributed by atoms with Gasteiger partial charge in [-0.15, -0.1) is 16.5 Å². The predicted octanol–water partition coefficient (Wildman–Crippen LogP) is 7.02. The molecule has 3 aromatic carbocycles. The summed E-state index contributed by atoms with van der Waals surface area (Å²) in [4.78, 5) is 70.6. The Morgan fingerprint density at radius 2 is 1.15 bits per heavy atom. The van der Waals surface area contributed by atoms with Gasteiger partial charge < -0.3 is 68.1 Å². The van der Waals surface area contributed by atoms with Crippen LogP contribution in [0.25, 0.3) is 0 Å². The maximum Gasteiger partial charge on any atom is 0.335 e. The molecule has 1 aromatic heterocycles. The zero-order chi connectivity index (χ0) is 56.8. The molecular formula is C58H70N6O15S. The van der Waals surface area contributed by atoms with E-state index in [4.69, 9.17) is 52.7 Å². The summed E-state index contributed by atoms with van der Waals surface area (Å²) in [5, 5.41) is 22.0. The van der Waals surface area contributed by atoms with Crippen molar-refractivity contribution in [3.63, 3.8) is 0 Å². The van der Waals surface area contributed by atoms with Crippen molar-refractivity contribution in [1.29, 1.82) is 0 Å². The van der Waals surface area contributed by atoms with Gasteiger partial charge in [0.05, 0.1) is 114 Å². The second-order valence-corrected chi connectivity index (χ2v) is 21.3. The highest BCUT2D eigenvalue weighted by Crippen LogP contribution is 2.42. The van der Waals surface area contributed by atoms with Gasteiger partial charge in [0.25, 0.3) is 11.8 Å². The van der Waals surface area contributed by atoms with E-state index < -0.39 is 22.5 Å². The third-order valence-corrected chi connectivity index (χ3v) is 15.2. The van der Waals surface area contributed by atoms with Crippen LogP contribution in [0.2, 0.25) is 0 Å². The highest BCUT2D eigenvalue weighted by molar-refractivity contribution is 8.00. The van der Waals surface area contributed by atoms with Gasteiger partial charge >= 0.3 is 5.97 Å². The summed E-state index contributed by atoms with van der Waals surface area (Å²) in [5.74, 6) is -0.0485. The molecule has 4 aliphatic heterocycles. The molecule has 22 heteroatoms. The molecular weight excluding hydrogens is 1050 g/mol. The number of aromatic hydroxyl groups is 2. The van der Waals surface area contributed by atoms with Crippen molar-refractivity contribution in [3.05, 3.63) is 106 Å². The number of thioether (sulfide) groups is 1. The van der Waals surface area contributed by atoms with E-state index in [1.807, 2.05) is 54.3 Å². The Kier molecular flexibility index (Phi) is 20.3. The topological polar surface area (TPSA) is 240 Å². The zero-order valence-electron chi connectivity index (χ0n) is 46.0. The van der Waals surface area contributed by atoms with E-state index in [0.29, 0.717) is 110 Å². The van der Waals surface area contributed by atoms with Gasteiger partial charge in [0.2, 0.25) is 17.7 Å². The lowest BCUT2D eigenvalue weighted by molar-refractivity contribution is -0.146. The first-order valence-corrected chi connectivity index (χ1v) is 27.5. The Hall–Kier alpha value is -7.37. The molecule has 3 amide bonds. The molecule has 0 unspecified atom stereocenters. The number of nitrogens with one attached hydrogen (secondary N) is 1. The average molecular weight is 1120 g/mol. The SMILES string of the molecule is CC=C1C[C@H]2C=Nc3cc(OCc4cc(COc5cc6c(cc5OC)C(=O)N5CC(=CC)C[C@H]5C=N6)cc(C(C)(C)SCC(=O)NCCOCCOCCOCCOCCC(=O)On5c(O)ccc5O)c4)c(OC)cc3C(=O)N2C1. The van der Waals surface area contributed by atoms with Crippen molar-refractivity contribution in [2.75, 3.05) is 92.5 Å². The summed E-state index contributed by atoms with van der Waals surface area (Å²) in [7, 11) is 3.08. The molecule has 80 heavy (non-hydrogen) atoms. The number of rotatable bonds is 28. The van der Waals surface area contributed by atoms with Crippen LogP contribution in [-0.2, 0) is 46.5 Å². The van der Waals surface area contributed by atoms with E-state index in [9.17, 15) is 29.4 Å². The van der Waals surface area contributed by atoms with Crippen molar-refractivity contribution >= 4 is 59.3 Å². The number of carbonyl (C=O) groups is 4. The molecule has 0 spiro atoms. The van der Waals surface area contributed by atoms with Crippen LogP contribution < -0.4 is 29.1 Å². The summed E-state index contributed by atoms with van der Waals surface area (Å²) in [6.45, 7) is 12.0. The van der Waals surface area contributed by atoms with E-state index >= 15 is 0 Å². The number of aliphatic imine (C=N–C) groups is 2. The van der Waals surface area contributed by atoms with Crippen LogP contribution in [-0.4, -0.2) is 165 Å². The first-order chi connectivity index (χ1) is 38.7. The van der Waals surface area contributed by atoms with Crippen molar-refractivity contribution in [2.24, 2.45) is 9.98 Å². The molecule has 2 atom stereocenters. The van der Waals surface area contributed by atoms with Gasteiger partial charge in [0.1, 0.15) is 13.2 Å². The Labute approximate surface area is 469 Å². The second kappa shape index (κ2) is 27.7. The monoisotopic (exact) mass is 1120 g/mol. The molecule has 0 saturated carbocycles. The Morgan fingerprint density at radius 3 is 1.62 bits per heavy atom. The predicted molar refractivity (Wildman–Crippen MR) is 300 cm³/mol. The smallest absolute Gasteiger partial charge is 0.335 e. The van der Waals surface area contributed by atoms with Crippen molar-refractivity contribution < 1.29 is 72.1 Å².